The van der Waals surface area contributed by atoms with Crippen LogP contribution in [0.4, 0.5) is 4.39 Å². The average Bonchev–Trinajstić information content (AvgIpc) is 2.81. The number of carbonyl (C=O) groups excluding carboxylic acids is 1. The summed E-state index contributed by atoms with van der Waals surface area (Å²) >= 11 is 6.90. The number of pyridine rings is 1. The quantitative estimate of drug-likeness (QED) is 0.498. The molecule has 1 aliphatic rings. The van der Waals surface area contributed by atoms with Crippen molar-refractivity contribution >= 4 is 34.5 Å². The zero-order valence-corrected chi connectivity index (χ0v) is 11.6. The number of thiazole rings is 1. The number of aryl methyl sites for hydroxylation is 1. The molecule has 102 valence electrons. The van der Waals surface area contributed by atoms with Crippen LogP contribution in [-0.2, 0) is 6.42 Å². The van der Waals surface area contributed by atoms with E-state index in [0.717, 1.165) is 17.4 Å². The van der Waals surface area contributed by atoms with Gasteiger partial charge in [-0.05, 0) is 25.0 Å². The molecule has 0 spiro atoms. The van der Waals surface area contributed by atoms with Crippen molar-refractivity contribution < 1.29 is 14.3 Å². The molecule has 2 aromatic rings. The molecule has 0 aliphatic heterocycles. The predicted octanol–water partition coefficient (Wildman–Crippen LogP) is 3.43. The standard InChI is InChI=1S/C13H8ClFN2O2S/c14-13-17-8-3-2-7(11(19)12(8)20-13)10(18)6-1-4-9(15)16-5-6/h1,4-5,18H,2-3H2. The second-order valence-electron chi connectivity index (χ2n) is 4.27. The molecule has 0 aromatic carbocycles. The highest BCUT2D eigenvalue weighted by atomic mass is 35.5. The molecular weight excluding hydrogens is 303 g/mol. The number of ketones is 1. The molecule has 0 fully saturated rings. The number of halogens is 2. The second kappa shape index (κ2) is 4.96. The Morgan fingerprint density at radius 2 is 2.20 bits per heavy atom. The largest absolute Gasteiger partial charge is 0.507 e. The van der Waals surface area contributed by atoms with Crippen molar-refractivity contribution in [3.05, 3.63) is 50.5 Å². The van der Waals surface area contributed by atoms with E-state index in [1.807, 2.05) is 0 Å². The first-order chi connectivity index (χ1) is 9.56. The lowest BCUT2D eigenvalue weighted by molar-refractivity contribution is 0.102. The number of aliphatic hydroxyl groups is 1. The maximum absolute atomic E-state index is 12.8. The Hall–Kier alpha value is -1.79. The van der Waals surface area contributed by atoms with Gasteiger partial charge >= 0.3 is 0 Å². The molecule has 0 radical (unpaired) electrons. The molecule has 0 amide bonds. The minimum Gasteiger partial charge on any atom is -0.507 e. The summed E-state index contributed by atoms with van der Waals surface area (Å²) in [7, 11) is 0. The molecule has 7 heteroatoms. The number of fused-ring (bicyclic) bond motifs is 1. The normalized spacial score (nSPS) is 17.0. The van der Waals surface area contributed by atoms with Gasteiger partial charge in [0.1, 0.15) is 5.76 Å². The summed E-state index contributed by atoms with van der Waals surface area (Å²) in [5, 5.41) is 10.2. The van der Waals surface area contributed by atoms with E-state index >= 15 is 0 Å². The molecule has 1 aliphatic carbocycles. The molecule has 0 unspecified atom stereocenters. The van der Waals surface area contributed by atoms with Crippen LogP contribution in [0.2, 0.25) is 4.47 Å². The minimum absolute atomic E-state index is 0.169. The van der Waals surface area contributed by atoms with Crippen molar-refractivity contribution in [1.82, 2.24) is 9.97 Å². The first kappa shape index (κ1) is 13.2. The number of nitrogens with zero attached hydrogens (tertiary/aromatic N) is 2. The van der Waals surface area contributed by atoms with E-state index in [9.17, 15) is 14.3 Å². The molecule has 1 N–H and O–H groups in total. The van der Waals surface area contributed by atoms with Crippen molar-refractivity contribution in [2.75, 3.05) is 0 Å². The summed E-state index contributed by atoms with van der Waals surface area (Å²) in [6.45, 7) is 0. The van der Waals surface area contributed by atoms with Crippen LogP contribution in [0.1, 0.15) is 27.3 Å². The summed E-state index contributed by atoms with van der Waals surface area (Å²) in [5.74, 6) is -1.09. The predicted molar refractivity (Wildman–Crippen MR) is 73.5 cm³/mol. The Balaban J connectivity index is 2.04. The number of hydrogen-bond donors (Lipinski definition) is 1. The number of carbonyl (C=O) groups is 1. The maximum Gasteiger partial charge on any atom is 0.212 e. The van der Waals surface area contributed by atoms with Crippen LogP contribution in [0.25, 0.3) is 5.76 Å². The SMILES string of the molecule is O=C1C(=C(O)c2ccc(F)nc2)CCc2nc(Cl)sc21. The minimum atomic E-state index is -0.641. The average molecular weight is 311 g/mol. The number of aliphatic hydroxyl groups excluding tert-OH is 1. The molecule has 0 saturated heterocycles. The summed E-state index contributed by atoms with van der Waals surface area (Å²) in [5.41, 5.74) is 1.26. The van der Waals surface area contributed by atoms with Gasteiger partial charge in [0.2, 0.25) is 11.7 Å². The molecule has 20 heavy (non-hydrogen) atoms. The number of allylic oxidation sites excluding steroid dienone is 1. The van der Waals surface area contributed by atoms with Crippen molar-refractivity contribution in [3.63, 3.8) is 0 Å². The first-order valence-electron chi connectivity index (χ1n) is 5.80. The lowest BCUT2D eigenvalue weighted by Gasteiger charge is -2.14. The molecule has 0 atom stereocenters. The van der Waals surface area contributed by atoms with E-state index in [1.165, 1.54) is 12.3 Å². The summed E-state index contributed by atoms with van der Waals surface area (Å²) in [4.78, 5) is 20.3. The number of aromatic nitrogens is 2. The van der Waals surface area contributed by atoms with Gasteiger partial charge in [0.05, 0.1) is 10.6 Å². The fourth-order valence-corrected chi connectivity index (χ4v) is 3.22. The van der Waals surface area contributed by atoms with E-state index in [4.69, 9.17) is 11.6 Å². The zero-order valence-electron chi connectivity index (χ0n) is 10.1. The third kappa shape index (κ3) is 2.21. The van der Waals surface area contributed by atoms with Gasteiger partial charge in [-0.2, -0.15) is 4.39 Å². The van der Waals surface area contributed by atoms with E-state index in [2.05, 4.69) is 9.97 Å². The third-order valence-electron chi connectivity index (χ3n) is 3.05. The van der Waals surface area contributed by atoms with Gasteiger partial charge in [-0.25, -0.2) is 9.97 Å². The van der Waals surface area contributed by atoms with Gasteiger partial charge in [0.25, 0.3) is 0 Å². The fraction of sp³-hybridized carbons (Fsp3) is 0.154. The van der Waals surface area contributed by atoms with Crippen LogP contribution < -0.4 is 0 Å². The Bertz CT molecular complexity index is 724. The molecule has 0 bridgehead atoms. The number of hydrogen-bond acceptors (Lipinski definition) is 5. The van der Waals surface area contributed by atoms with Crippen LogP contribution in [0.5, 0.6) is 0 Å². The highest BCUT2D eigenvalue weighted by molar-refractivity contribution is 7.17. The van der Waals surface area contributed by atoms with Crippen molar-refractivity contribution in [1.29, 1.82) is 0 Å². The van der Waals surface area contributed by atoms with Crippen LogP contribution in [0.3, 0.4) is 0 Å². The summed E-state index contributed by atoms with van der Waals surface area (Å²) < 4.78 is 13.1. The highest BCUT2D eigenvalue weighted by Gasteiger charge is 2.29. The maximum atomic E-state index is 12.8. The van der Waals surface area contributed by atoms with E-state index < -0.39 is 5.95 Å². The van der Waals surface area contributed by atoms with Gasteiger partial charge in [0.15, 0.2) is 4.47 Å². The Labute approximate surface area is 122 Å². The van der Waals surface area contributed by atoms with Crippen molar-refractivity contribution in [2.45, 2.75) is 12.8 Å². The van der Waals surface area contributed by atoms with Gasteiger partial charge in [0, 0.05) is 17.3 Å². The van der Waals surface area contributed by atoms with Crippen molar-refractivity contribution in [3.8, 4) is 0 Å². The molecule has 2 heterocycles. The molecule has 2 aromatic heterocycles. The van der Waals surface area contributed by atoms with Gasteiger partial charge in [-0.1, -0.05) is 22.9 Å². The molecule has 3 rings (SSSR count). The van der Waals surface area contributed by atoms with E-state index in [1.54, 1.807) is 0 Å². The molecule has 0 saturated carbocycles. The summed E-state index contributed by atoms with van der Waals surface area (Å²) in [6, 6.07) is 2.52. The number of rotatable bonds is 1. The molecule has 4 nitrogen and oxygen atoms in total. The van der Waals surface area contributed by atoms with E-state index in [-0.39, 0.29) is 17.1 Å². The van der Waals surface area contributed by atoms with Gasteiger partial charge in [-0.3, -0.25) is 4.79 Å². The van der Waals surface area contributed by atoms with Crippen LogP contribution >= 0.6 is 22.9 Å². The second-order valence-corrected chi connectivity index (χ2v) is 5.85. The first-order valence-corrected chi connectivity index (χ1v) is 6.99. The lowest BCUT2D eigenvalue weighted by Crippen LogP contribution is -2.14. The Kier molecular flexibility index (Phi) is 3.27. The molecular formula is C13H8ClFN2O2S. The topological polar surface area (TPSA) is 63.1 Å². The monoisotopic (exact) mass is 310 g/mol. The Morgan fingerprint density at radius 1 is 1.40 bits per heavy atom. The Morgan fingerprint density at radius 3 is 2.90 bits per heavy atom. The number of Topliss-reactive ketones (excluding diaryl/α,β-unsaturated/α-hetero) is 1. The van der Waals surface area contributed by atoms with Crippen LogP contribution in [-0.4, -0.2) is 20.9 Å². The highest BCUT2D eigenvalue weighted by Crippen LogP contribution is 2.34. The van der Waals surface area contributed by atoms with Crippen LogP contribution in [0.15, 0.2) is 23.9 Å². The van der Waals surface area contributed by atoms with Crippen LogP contribution in [0, 0.1) is 5.95 Å². The lowest BCUT2D eigenvalue weighted by atomic mass is 9.93. The smallest absolute Gasteiger partial charge is 0.212 e. The van der Waals surface area contributed by atoms with E-state index in [0.29, 0.717) is 33.4 Å². The van der Waals surface area contributed by atoms with Gasteiger partial charge in [-0.15, -0.1) is 0 Å². The fourth-order valence-electron chi connectivity index (χ4n) is 2.08. The van der Waals surface area contributed by atoms with Gasteiger partial charge < -0.3 is 5.11 Å². The third-order valence-corrected chi connectivity index (χ3v) is 4.25. The van der Waals surface area contributed by atoms with Crippen molar-refractivity contribution in [2.24, 2.45) is 0 Å². The zero-order chi connectivity index (χ0) is 14.3. The summed E-state index contributed by atoms with van der Waals surface area (Å²) in [6.07, 6.45) is 2.10.